The van der Waals surface area contributed by atoms with Gasteiger partial charge < -0.3 is 9.64 Å². The maximum absolute atomic E-state index is 14.2. The second-order valence-electron chi connectivity index (χ2n) is 7.62. The van der Waals surface area contributed by atoms with Crippen LogP contribution >= 0.6 is 0 Å². The van der Waals surface area contributed by atoms with Crippen molar-refractivity contribution in [3.8, 4) is 5.75 Å². The Morgan fingerprint density at radius 3 is 2.55 bits per heavy atom. The summed E-state index contributed by atoms with van der Waals surface area (Å²) in [5, 5.41) is 0. The standard InChI is InChI=1S/C22H26FNO4S/c1-15-8-9-20(12-16(15)2)28-17(3)22(25)24(19-10-11-29(26,27)14-19)13-18-6-4-5-7-21(18)23/h4-9,12,17,19H,10-11,13-14H2,1-3H3/t17-,19-/m1/s1. The van der Waals surface area contributed by atoms with Crippen LogP contribution in [-0.4, -0.2) is 42.9 Å². The fourth-order valence-corrected chi connectivity index (χ4v) is 5.22. The van der Waals surface area contributed by atoms with Crippen LogP contribution < -0.4 is 4.74 Å². The molecule has 0 spiro atoms. The Kier molecular flexibility index (Phi) is 6.27. The van der Waals surface area contributed by atoms with E-state index in [1.165, 1.54) is 11.0 Å². The van der Waals surface area contributed by atoms with E-state index in [1.807, 2.05) is 26.0 Å². The van der Waals surface area contributed by atoms with Crippen LogP contribution in [0.2, 0.25) is 0 Å². The number of aryl methyl sites for hydroxylation is 2. The summed E-state index contributed by atoms with van der Waals surface area (Å²) in [7, 11) is -3.20. The maximum Gasteiger partial charge on any atom is 0.263 e. The molecule has 29 heavy (non-hydrogen) atoms. The molecule has 2 atom stereocenters. The van der Waals surface area contributed by atoms with Crippen LogP contribution in [0.3, 0.4) is 0 Å². The van der Waals surface area contributed by atoms with Crippen LogP contribution in [0.4, 0.5) is 4.39 Å². The predicted octanol–water partition coefficient (Wildman–Crippen LogP) is 3.43. The van der Waals surface area contributed by atoms with Crippen molar-refractivity contribution in [2.75, 3.05) is 11.5 Å². The van der Waals surface area contributed by atoms with Gasteiger partial charge in [0.2, 0.25) is 0 Å². The van der Waals surface area contributed by atoms with E-state index in [0.717, 1.165) is 11.1 Å². The van der Waals surface area contributed by atoms with E-state index in [9.17, 15) is 17.6 Å². The summed E-state index contributed by atoms with van der Waals surface area (Å²) >= 11 is 0. The first kappa shape index (κ1) is 21.3. The number of carbonyl (C=O) groups excluding carboxylic acids is 1. The molecule has 1 aliphatic rings. The van der Waals surface area contributed by atoms with Crippen molar-refractivity contribution in [1.82, 2.24) is 4.90 Å². The Hall–Kier alpha value is -2.41. The van der Waals surface area contributed by atoms with E-state index in [2.05, 4.69) is 0 Å². The molecule has 0 aliphatic carbocycles. The van der Waals surface area contributed by atoms with Crippen molar-refractivity contribution in [2.45, 2.75) is 45.9 Å². The zero-order valence-corrected chi connectivity index (χ0v) is 17.7. The van der Waals surface area contributed by atoms with Crippen LogP contribution in [0.15, 0.2) is 42.5 Å². The largest absolute Gasteiger partial charge is 0.481 e. The summed E-state index contributed by atoms with van der Waals surface area (Å²) < 4.78 is 44.0. The van der Waals surface area contributed by atoms with E-state index < -0.39 is 27.8 Å². The maximum atomic E-state index is 14.2. The minimum Gasteiger partial charge on any atom is -0.481 e. The van der Waals surface area contributed by atoms with Gasteiger partial charge in [-0.2, -0.15) is 0 Å². The molecule has 2 aromatic carbocycles. The Balaban J connectivity index is 1.82. The van der Waals surface area contributed by atoms with Crippen LogP contribution in [0, 0.1) is 19.7 Å². The second kappa shape index (κ2) is 8.53. The monoisotopic (exact) mass is 419 g/mol. The lowest BCUT2D eigenvalue weighted by Gasteiger charge is -2.31. The molecule has 0 saturated carbocycles. The third-order valence-electron chi connectivity index (χ3n) is 5.37. The van der Waals surface area contributed by atoms with Gasteiger partial charge in [0.05, 0.1) is 11.5 Å². The van der Waals surface area contributed by atoms with E-state index in [4.69, 9.17) is 4.74 Å². The minimum absolute atomic E-state index is 0.00627. The average molecular weight is 420 g/mol. The number of carbonyl (C=O) groups is 1. The lowest BCUT2D eigenvalue weighted by atomic mass is 10.1. The summed E-state index contributed by atoms with van der Waals surface area (Å²) in [5.74, 6) is -0.282. The van der Waals surface area contributed by atoms with Crippen LogP contribution in [0.5, 0.6) is 5.75 Å². The highest BCUT2D eigenvalue weighted by molar-refractivity contribution is 7.91. The molecule has 2 aromatic rings. The number of benzene rings is 2. The number of hydrogen-bond donors (Lipinski definition) is 0. The summed E-state index contributed by atoms with van der Waals surface area (Å²) in [6.45, 7) is 5.59. The van der Waals surface area contributed by atoms with Crippen LogP contribution in [0.25, 0.3) is 0 Å². The fourth-order valence-electron chi connectivity index (χ4n) is 3.49. The zero-order chi connectivity index (χ0) is 21.2. The molecule has 3 rings (SSSR count). The van der Waals surface area contributed by atoms with Gasteiger partial charge in [-0.15, -0.1) is 0 Å². The topological polar surface area (TPSA) is 63.7 Å². The van der Waals surface area contributed by atoms with E-state index in [1.54, 1.807) is 31.2 Å². The van der Waals surface area contributed by atoms with Gasteiger partial charge in [-0.05, 0) is 56.5 Å². The molecule has 0 unspecified atom stereocenters. The number of nitrogens with zero attached hydrogens (tertiary/aromatic N) is 1. The molecule has 0 radical (unpaired) electrons. The lowest BCUT2D eigenvalue weighted by Crippen LogP contribution is -2.46. The van der Waals surface area contributed by atoms with Gasteiger partial charge in [-0.25, -0.2) is 12.8 Å². The normalized spacial score (nSPS) is 19.0. The van der Waals surface area contributed by atoms with Gasteiger partial charge in [0, 0.05) is 18.2 Å². The number of halogens is 1. The molecule has 1 aliphatic heterocycles. The molecule has 5 nitrogen and oxygen atoms in total. The smallest absolute Gasteiger partial charge is 0.263 e. The third-order valence-corrected chi connectivity index (χ3v) is 7.12. The molecule has 1 heterocycles. The molecule has 1 fully saturated rings. The molecule has 0 N–H and O–H groups in total. The molecular weight excluding hydrogens is 393 g/mol. The average Bonchev–Trinajstić information content (AvgIpc) is 3.03. The number of amides is 1. The molecule has 1 amide bonds. The predicted molar refractivity (Wildman–Crippen MR) is 110 cm³/mol. The Labute approximate surface area is 171 Å². The van der Waals surface area contributed by atoms with E-state index in [0.29, 0.717) is 17.7 Å². The highest BCUT2D eigenvalue weighted by Crippen LogP contribution is 2.24. The lowest BCUT2D eigenvalue weighted by molar-refractivity contribution is -0.140. The summed E-state index contributed by atoms with van der Waals surface area (Å²) in [6, 6.07) is 11.3. The number of sulfone groups is 1. The van der Waals surface area contributed by atoms with Gasteiger partial charge in [-0.1, -0.05) is 24.3 Å². The first-order chi connectivity index (χ1) is 13.7. The number of rotatable bonds is 6. The van der Waals surface area contributed by atoms with Crippen molar-refractivity contribution in [3.05, 3.63) is 65.0 Å². The van der Waals surface area contributed by atoms with Crippen molar-refractivity contribution in [3.63, 3.8) is 0 Å². The van der Waals surface area contributed by atoms with Crippen molar-refractivity contribution in [2.24, 2.45) is 0 Å². The highest BCUT2D eigenvalue weighted by atomic mass is 32.2. The summed E-state index contributed by atoms with van der Waals surface area (Å²) in [4.78, 5) is 14.6. The van der Waals surface area contributed by atoms with Crippen molar-refractivity contribution < 1.29 is 22.3 Å². The van der Waals surface area contributed by atoms with E-state index >= 15 is 0 Å². The molecule has 7 heteroatoms. The van der Waals surface area contributed by atoms with Gasteiger partial charge in [0.25, 0.3) is 5.91 Å². The number of ether oxygens (including phenoxy) is 1. The second-order valence-corrected chi connectivity index (χ2v) is 9.85. The first-order valence-corrected chi connectivity index (χ1v) is 11.5. The van der Waals surface area contributed by atoms with Gasteiger partial charge in [0.1, 0.15) is 11.6 Å². The summed E-state index contributed by atoms with van der Waals surface area (Å²) in [5.41, 5.74) is 2.52. The molecule has 0 bridgehead atoms. The number of hydrogen-bond acceptors (Lipinski definition) is 4. The van der Waals surface area contributed by atoms with Crippen molar-refractivity contribution >= 4 is 15.7 Å². The molecule has 0 aromatic heterocycles. The van der Waals surface area contributed by atoms with Crippen LogP contribution in [-0.2, 0) is 21.2 Å². The Morgan fingerprint density at radius 1 is 1.21 bits per heavy atom. The highest BCUT2D eigenvalue weighted by Gasteiger charge is 2.37. The quantitative estimate of drug-likeness (QED) is 0.720. The zero-order valence-electron chi connectivity index (χ0n) is 16.9. The molecular formula is C22H26FNO4S. The Bertz CT molecular complexity index is 1010. The van der Waals surface area contributed by atoms with Crippen molar-refractivity contribution in [1.29, 1.82) is 0 Å². The minimum atomic E-state index is -3.20. The van der Waals surface area contributed by atoms with Gasteiger partial charge in [0.15, 0.2) is 15.9 Å². The molecule has 156 valence electrons. The third kappa shape index (κ3) is 5.15. The Morgan fingerprint density at radius 2 is 1.93 bits per heavy atom. The fraction of sp³-hybridized carbons (Fsp3) is 0.409. The first-order valence-electron chi connectivity index (χ1n) is 9.64. The van der Waals surface area contributed by atoms with E-state index in [-0.39, 0.29) is 24.0 Å². The van der Waals surface area contributed by atoms with Crippen LogP contribution in [0.1, 0.15) is 30.0 Å². The molecule has 1 saturated heterocycles. The SMILES string of the molecule is Cc1ccc(O[C@H](C)C(=O)N(Cc2ccccc2F)[C@@H]2CCS(=O)(=O)C2)cc1C. The van der Waals surface area contributed by atoms with Gasteiger partial charge in [-0.3, -0.25) is 4.79 Å². The van der Waals surface area contributed by atoms with Gasteiger partial charge >= 0.3 is 0 Å². The summed E-state index contributed by atoms with van der Waals surface area (Å²) in [6.07, 6.45) is -0.481.